The number of benzene rings is 2. The van der Waals surface area contributed by atoms with Crippen LogP contribution in [0.5, 0.6) is 0 Å². The zero-order valence-corrected chi connectivity index (χ0v) is 14.9. The number of hydrogen-bond acceptors (Lipinski definition) is 1. The Bertz CT molecular complexity index is 943. The Morgan fingerprint density at radius 1 is 0.917 bits per heavy atom. The number of halogens is 6. The van der Waals surface area contributed by atoms with Crippen molar-refractivity contribution in [2.45, 2.75) is 13.5 Å². The van der Waals surface area contributed by atoms with Crippen LogP contribution in [0.25, 0.3) is 26.8 Å². The molecule has 0 spiro atoms. The second kappa shape index (κ2) is 5.28. The third kappa shape index (κ3) is 5.03. The first-order chi connectivity index (χ1) is 10.8. The van der Waals surface area contributed by atoms with Gasteiger partial charge in [0, 0.05) is 40.5 Å². The maximum atomic E-state index is 9.93. The maximum absolute atomic E-state index is 11.2. The van der Waals surface area contributed by atoms with Crippen LogP contribution in [-0.2, 0) is 6.54 Å². The number of aryl methyl sites for hydroxylation is 1. The van der Waals surface area contributed by atoms with Crippen molar-refractivity contribution in [1.82, 2.24) is 4.57 Å². The molecule has 0 aliphatic heterocycles. The molecule has 0 radical (unpaired) electrons. The van der Waals surface area contributed by atoms with Gasteiger partial charge in [-0.25, -0.2) is 0 Å². The molecule has 0 fully saturated rings. The van der Waals surface area contributed by atoms with Gasteiger partial charge in [-0.2, -0.15) is 0 Å². The molecule has 0 aliphatic rings. The Hall–Kier alpha value is -1.94. The second-order valence-electron chi connectivity index (χ2n) is 5.02. The fraction of sp³-hybridized carbons (Fsp3) is 0.143. The van der Waals surface area contributed by atoms with Gasteiger partial charge in [0.15, 0.2) is 4.98 Å². The van der Waals surface area contributed by atoms with Gasteiger partial charge in [0.2, 0.25) is 5.39 Å². The number of fused-ring (bicyclic) bond motifs is 3. The molecule has 2 aromatic carbocycles. The number of hydrogen-bond donors (Lipinski definition) is 0. The quantitative estimate of drug-likeness (QED) is 0.235. The summed E-state index contributed by atoms with van der Waals surface area (Å²) in [6.07, 6.45) is 0. The number of para-hydroxylation sites is 1. The van der Waals surface area contributed by atoms with Gasteiger partial charge in [-0.3, -0.25) is 0 Å². The van der Waals surface area contributed by atoms with Crippen molar-refractivity contribution in [2.75, 3.05) is 0 Å². The molecule has 1 aromatic heterocycles. The zero-order valence-electron chi connectivity index (χ0n) is 12.3. The van der Waals surface area contributed by atoms with Crippen LogP contribution < -0.4 is 0 Å². The van der Waals surface area contributed by atoms with Crippen molar-refractivity contribution in [2.24, 2.45) is 0 Å². The first kappa shape index (κ1) is 18.4. The summed E-state index contributed by atoms with van der Waals surface area (Å²) < 4.78 is 61.8. The SMILES string of the molecule is CCn1c2ccccc2c2cc([N+]#N)ccc21.[F][Sb-]([F])([F])([F])([F])[F]. The Morgan fingerprint density at radius 2 is 1.46 bits per heavy atom. The van der Waals surface area contributed by atoms with Gasteiger partial charge < -0.3 is 4.57 Å². The first-order valence-electron chi connectivity index (χ1n) is 6.72. The Balaban J connectivity index is 0.000000256. The number of rotatable bonds is 1. The van der Waals surface area contributed by atoms with Crippen LogP contribution in [0.2, 0.25) is 0 Å². The summed E-state index contributed by atoms with van der Waals surface area (Å²) in [7, 11) is 0. The molecule has 0 amide bonds. The molecule has 0 bridgehead atoms. The fourth-order valence-electron chi connectivity index (χ4n) is 2.44. The van der Waals surface area contributed by atoms with E-state index in [-0.39, 0.29) is 0 Å². The third-order valence-corrected chi connectivity index (χ3v) is 3.19. The van der Waals surface area contributed by atoms with E-state index < -0.39 is 19.5 Å². The van der Waals surface area contributed by atoms with Crippen molar-refractivity contribution < 1.29 is 16.9 Å². The number of nitrogens with zero attached hydrogens (tertiary/aromatic N) is 3. The summed E-state index contributed by atoms with van der Waals surface area (Å²) in [4.78, 5) is 3.25. The predicted molar refractivity (Wildman–Crippen MR) is 82.3 cm³/mol. The number of aromatic nitrogens is 1. The first-order valence-corrected chi connectivity index (χ1v) is 12.5. The van der Waals surface area contributed by atoms with Gasteiger partial charge in [0.05, 0.1) is 0 Å². The summed E-state index contributed by atoms with van der Waals surface area (Å²) in [6, 6.07) is 14.1. The predicted octanol–water partition coefficient (Wildman–Crippen LogP) is 6.44. The number of diazo groups is 1. The van der Waals surface area contributed by atoms with E-state index in [0.717, 1.165) is 11.9 Å². The molecule has 0 atom stereocenters. The summed E-state index contributed by atoms with van der Waals surface area (Å²) >= 11 is -11.2. The van der Waals surface area contributed by atoms with Crippen molar-refractivity contribution in [3.8, 4) is 0 Å². The van der Waals surface area contributed by atoms with Crippen LogP contribution in [0.1, 0.15) is 6.92 Å². The minimum atomic E-state index is -11.2. The molecule has 1 heterocycles. The van der Waals surface area contributed by atoms with E-state index in [4.69, 9.17) is 5.39 Å². The fourth-order valence-corrected chi connectivity index (χ4v) is 2.44. The van der Waals surface area contributed by atoms with Crippen molar-refractivity contribution in [3.63, 3.8) is 0 Å². The van der Waals surface area contributed by atoms with E-state index in [1.54, 1.807) is 0 Å². The monoisotopic (exact) mass is 457 g/mol. The third-order valence-electron chi connectivity index (χ3n) is 3.19. The zero-order chi connectivity index (χ0) is 18.2. The molecule has 0 aliphatic carbocycles. The molecule has 3 rings (SSSR count). The molecule has 0 saturated carbocycles. The van der Waals surface area contributed by atoms with E-state index >= 15 is 0 Å². The van der Waals surface area contributed by atoms with Crippen LogP contribution in [0.3, 0.4) is 0 Å². The van der Waals surface area contributed by atoms with Crippen LogP contribution in [0.4, 0.5) is 22.6 Å². The normalized spacial score (nSPS) is 14.4. The van der Waals surface area contributed by atoms with Gasteiger partial charge in [-0.15, -0.1) is 0 Å². The van der Waals surface area contributed by atoms with Gasteiger partial charge in [-0.1, -0.05) is 18.2 Å². The van der Waals surface area contributed by atoms with Crippen LogP contribution in [0, 0.1) is 5.39 Å². The van der Waals surface area contributed by atoms with E-state index in [0.29, 0.717) is 5.69 Å². The molecule has 0 unspecified atom stereocenters. The van der Waals surface area contributed by atoms with Crippen molar-refractivity contribution in [1.29, 1.82) is 5.39 Å². The summed E-state index contributed by atoms with van der Waals surface area (Å²) in [5, 5.41) is 11.2. The van der Waals surface area contributed by atoms with Gasteiger partial charge >= 0.3 is 42.0 Å². The second-order valence-corrected chi connectivity index (χ2v) is 10.5. The summed E-state index contributed by atoms with van der Waals surface area (Å²) in [6.45, 7) is 3.07. The Labute approximate surface area is 135 Å². The molecular formula is C14H12F6N3Sb. The topological polar surface area (TPSA) is 33.1 Å². The molecule has 3 nitrogen and oxygen atoms in total. The van der Waals surface area contributed by atoms with Crippen molar-refractivity contribution in [3.05, 3.63) is 47.4 Å². The average Bonchev–Trinajstić information content (AvgIpc) is 2.77. The van der Waals surface area contributed by atoms with Crippen molar-refractivity contribution >= 4 is 47.0 Å². The van der Waals surface area contributed by atoms with E-state index in [1.807, 2.05) is 30.3 Å². The van der Waals surface area contributed by atoms with E-state index in [9.17, 15) is 16.9 Å². The summed E-state index contributed by atoms with van der Waals surface area (Å²) in [5.41, 5.74) is 3.00. The van der Waals surface area contributed by atoms with Gasteiger partial charge in [0.1, 0.15) is 0 Å². The van der Waals surface area contributed by atoms with Crippen LogP contribution >= 0.6 is 0 Å². The molecular weight excluding hydrogens is 446 g/mol. The van der Waals surface area contributed by atoms with Crippen LogP contribution in [-0.4, -0.2) is 24.0 Å². The van der Waals surface area contributed by atoms with E-state index in [1.165, 1.54) is 16.4 Å². The van der Waals surface area contributed by atoms with Gasteiger partial charge in [0.25, 0.3) is 0 Å². The Morgan fingerprint density at radius 3 is 2.00 bits per heavy atom. The molecule has 130 valence electrons. The Kier molecular flexibility index (Phi) is 4.05. The summed E-state index contributed by atoms with van der Waals surface area (Å²) in [5.74, 6) is 0. The van der Waals surface area contributed by atoms with Gasteiger partial charge in [-0.05, 0) is 19.1 Å². The standard InChI is InChI=1S/C14H12N3.6FH.Sb/c1-2-17-13-6-4-3-5-11(13)12-9-10(16-15)7-8-14(12)17;;;;;;;/h3-9H,2H2,1H3;6*1H;/q+1;;;;;;;+5/p-6. The molecule has 0 N–H and O–H groups in total. The average molecular weight is 458 g/mol. The molecule has 24 heavy (non-hydrogen) atoms. The van der Waals surface area contributed by atoms with E-state index in [2.05, 4.69) is 28.6 Å². The molecule has 10 heteroatoms. The van der Waals surface area contributed by atoms with Crippen LogP contribution in [0.15, 0.2) is 42.5 Å². The molecule has 0 saturated heterocycles. The molecule has 3 aromatic rings. The minimum absolute atomic E-state index is 0.594.